The molecule has 5 nitrogen and oxygen atoms in total. The van der Waals surface area contributed by atoms with E-state index in [1.165, 1.54) is 5.56 Å². The largest absolute Gasteiger partial charge is 0.337 e. The zero-order valence-corrected chi connectivity index (χ0v) is 17.1. The van der Waals surface area contributed by atoms with Crippen molar-refractivity contribution >= 4 is 11.7 Å². The molecular formula is C25H26N4O. The van der Waals surface area contributed by atoms with E-state index in [0.29, 0.717) is 12.1 Å². The van der Waals surface area contributed by atoms with Gasteiger partial charge in [-0.3, -0.25) is 0 Å². The molecule has 0 heterocycles. The predicted molar refractivity (Wildman–Crippen MR) is 121 cm³/mol. The van der Waals surface area contributed by atoms with Crippen LogP contribution in [0.25, 0.3) is 11.1 Å². The molecule has 2 amide bonds. The Morgan fingerprint density at radius 1 is 0.967 bits per heavy atom. The summed E-state index contributed by atoms with van der Waals surface area (Å²) in [6.07, 6.45) is 0.908. The molecule has 30 heavy (non-hydrogen) atoms. The van der Waals surface area contributed by atoms with Gasteiger partial charge in [0, 0.05) is 18.2 Å². The summed E-state index contributed by atoms with van der Waals surface area (Å²) in [5.41, 5.74) is 4.68. The van der Waals surface area contributed by atoms with Gasteiger partial charge in [0.15, 0.2) is 0 Å². The van der Waals surface area contributed by atoms with Crippen LogP contribution in [0, 0.1) is 11.3 Å². The number of benzene rings is 3. The molecule has 0 saturated heterocycles. The van der Waals surface area contributed by atoms with Crippen molar-refractivity contribution in [3.63, 3.8) is 0 Å². The van der Waals surface area contributed by atoms with Crippen LogP contribution < -0.4 is 16.0 Å². The fourth-order valence-electron chi connectivity index (χ4n) is 3.33. The number of nitrogens with zero attached hydrogens (tertiary/aromatic N) is 1. The molecule has 3 N–H and O–H groups in total. The number of urea groups is 1. The molecule has 0 radical (unpaired) electrons. The molecule has 0 bridgehead atoms. The van der Waals surface area contributed by atoms with Gasteiger partial charge < -0.3 is 16.0 Å². The molecule has 0 aromatic heterocycles. The first-order valence-electron chi connectivity index (χ1n) is 10.0. The number of nitrogens with one attached hydrogen (secondary N) is 3. The summed E-state index contributed by atoms with van der Waals surface area (Å²) in [7, 11) is 1.93. The first-order valence-corrected chi connectivity index (χ1v) is 10.0. The minimum atomic E-state index is -0.208. The van der Waals surface area contributed by atoms with Crippen LogP contribution in [-0.2, 0) is 0 Å². The van der Waals surface area contributed by atoms with Crippen LogP contribution in [0.2, 0.25) is 0 Å². The fraction of sp³-hybridized carbons (Fsp3) is 0.200. The van der Waals surface area contributed by atoms with Crippen molar-refractivity contribution in [2.75, 3.05) is 25.5 Å². The maximum absolute atomic E-state index is 12.3. The van der Waals surface area contributed by atoms with Crippen LogP contribution in [0.5, 0.6) is 0 Å². The first kappa shape index (κ1) is 21.1. The zero-order chi connectivity index (χ0) is 21.2. The third-order valence-corrected chi connectivity index (χ3v) is 4.99. The van der Waals surface area contributed by atoms with Crippen LogP contribution in [0.1, 0.15) is 23.5 Å². The van der Waals surface area contributed by atoms with Gasteiger partial charge >= 0.3 is 6.03 Å². The molecule has 0 saturated carbocycles. The van der Waals surface area contributed by atoms with E-state index in [-0.39, 0.29) is 11.9 Å². The normalized spacial score (nSPS) is 11.3. The Morgan fingerprint density at radius 2 is 1.73 bits per heavy atom. The lowest BCUT2D eigenvalue weighted by Gasteiger charge is -2.19. The maximum atomic E-state index is 12.3. The Morgan fingerprint density at radius 3 is 2.43 bits per heavy atom. The predicted octanol–water partition coefficient (Wildman–Crippen LogP) is 4.74. The molecule has 5 heteroatoms. The number of para-hydroxylation sites is 1. The number of carbonyl (C=O) groups is 1. The fourth-order valence-corrected chi connectivity index (χ4v) is 3.33. The van der Waals surface area contributed by atoms with Gasteiger partial charge in [0.05, 0.1) is 11.6 Å². The standard InChI is InChI=1S/C25H26N4O/c1-27-15-14-23(18-28-25(30)29-24-8-3-2-4-9-24)21-12-10-20(11-13-21)22-7-5-6-19(16-22)17-26/h2-13,16,23,27H,14-15,18H2,1H3,(H2,28,29,30). The third kappa shape index (κ3) is 5.94. The number of hydrogen-bond donors (Lipinski definition) is 3. The summed E-state index contributed by atoms with van der Waals surface area (Å²) in [4.78, 5) is 12.3. The van der Waals surface area contributed by atoms with E-state index < -0.39 is 0 Å². The van der Waals surface area contributed by atoms with Crippen molar-refractivity contribution in [2.45, 2.75) is 12.3 Å². The van der Waals surface area contributed by atoms with Crippen LogP contribution in [0.3, 0.4) is 0 Å². The highest BCUT2D eigenvalue weighted by Gasteiger charge is 2.13. The highest BCUT2D eigenvalue weighted by molar-refractivity contribution is 5.89. The lowest BCUT2D eigenvalue weighted by molar-refractivity contribution is 0.251. The second-order valence-electron chi connectivity index (χ2n) is 7.10. The summed E-state index contributed by atoms with van der Waals surface area (Å²) >= 11 is 0. The second kappa shape index (κ2) is 10.8. The minimum Gasteiger partial charge on any atom is -0.337 e. The Kier molecular flexibility index (Phi) is 7.59. The molecule has 3 rings (SSSR count). The van der Waals surface area contributed by atoms with E-state index in [1.54, 1.807) is 6.07 Å². The van der Waals surface area contributed by atoms with Gasteiger partial charge in [0.1, 0.15) is 0 Å². The number of nitriles is 1. The Hall–Kier alpha value is -3.62. The topological polar surface area (TPSA) is 76.9 Å². The minimum absolute atomic E-state index is 0.193. The smallest absolute Gasteiger partial charge is 0.319 e. The maximum Gasteiger partial charge on any atom is 0.319 e. The molecule has 0 aliphatic rings. The Balaban J connectivity index is 1.67. The molecule has 0 aliphatic carbocycles. The average molecular weight is 399 g/mol. The Bertz CT molecular complexity index is 994. The molecule has 0 fully saturated rings. The van der Waals surface area contributed by atoms with E-state index in [0.717, 1.165) is 29.8 Å². The van der Waals surface area contributed by atoms with Crippen molar-refractivity contribution in [1.82, 2.24) is 10.6 Å². The zero-order valence-electron chi connectivity index (χ0n) is 17.1. The van der Waals surface area contributed by atoms with E-state index in [9.17, 15) is 4.79 Å². The van der Waals surface area contributed by atoms with Crippen LogP contribution in [0.15, 0.2) is 78.9 Å². The van der Waals surface area contributed by atoms with Gasteiger partial charge in [-0.05, 0) is 61.0 Å². The number of amides is 2. The molecule has 1 atom stereocenters. The van der Waals surface area contributed by atoms with Crippen molar-refractivity contribution in [3.05, 3.63) is 90.0 Å². The van der Waals surface area contributed by atoms with E-state index >= 15 is 0 Å². The summed E-state index contributed by atoms with van der Waals surface area (Å²) in [5, 5.41) is 18.1. The van der Waals surface area contributed by atoms with Crippen LogP contribution in [0.4, 0.5) is 10.5 Å². The molecule has 3 aromatic rings. The molecule has 0 spiro atoms. The van der Waals surface area contributed by atoms with Crippen LogP contribution in [-0.4, -0.2) is 26.2 Å². The van der Waals surface area contributed by atoms with Gasteiger partial charge in [0.2, 0.25) is 0 Å². The molecule has 0 aliphatic heterocycles. The number of anilines is 1. The van der Waals surface area contributed by atoms with Crippen molar-refractivity contribution in [2.24, 2.45) is 0 Å². The number of carbonyl (C=O) groups excluding carboxylic acids is 1. The lowest BCUT2D eigenvalue weighted by atomic mass is 9.93. The number of hydrogen-bond acceptors (Lipinski definition) is 3. The Labute approximate surface area is 177 Å². The molecule has 152 valence electrons. The van der Waals surface area contributed by atoms with Gasteiger partial charge in [0.25, 0.3) is 0 Å². The highest BCUT2D eigenvalue weighted by atomic mass is 16.2. The average Bonchev–Trinajstić information content (AvgIpc) is 2.80. The van der Waals surface area contributed by atoms with E-state index in [1.807, 2.05) is 55.6 Å². The lowest BCUT2D eigenvalue weighted by Crippen LogP contribution is -2.33. The van der Waals surface area contributed by atoms with E-state index in [2.05, 4.69) is 46.3 Å². The molecule has 1 unspecified atom stereocenters. The summed E-state index contributed by atoms with van der Waals surface area (Å²) in [5.74, 6) is 0.193. The van der Waals surface area contributed by atoms with Crippen molar-refractivity contribution in [3.8, 4) is 17.2 Å². The van der Waals surface area contributed by atoms with Gasteiger partial charge in [-0.1, -0.05) is 54.6 Å². The molecular weight excluding hydrogens is 372 g/mol. The van der Waals surface area contributed by atoms with E-state index in [4.69, 9.17) is 5.26 Å². The SMILES string of the molecule is CNCCC(CNC(=O)Nc1ccccc1)c1ccc(-c2cccc(C#N)c2)cc1. The molecule has 3 aromatic carbocycles. The first-order chi connectivity index (χ1) is 14.7. The monoisotopic (exact) mass is 398 g/mol. The van der Waals surface area contributed by atoms with Gasteiger partial charge in [-0.2, -0.15) is 5.26 Å². The van der Waals surface area contributed by atoms with Gasteiger partial charge in [-0.15, -0.1) is 0 Å². The summed E-state index contributed by atoms with van der Waals surface area (Å²) < 4.78 is 0. The number of rotatable bonds is 8. The quantitative estimate of drug-likeness (QED) is 0.513. The summed E-state index contributed by atoms with van der Waals surface area (Å²) in [6.45, 7) is 1.40. The summed E-state index contributed by atoms with van der Waals surface area (Å²) in [6, 6.07) is 27.3. The van der Waals surface area contributed by atoms with Crippen LogP contribution >= 0.6 is 0 Å². The van der Waals surface area contributed by atoms with Gasteiger partial charge in [-0.25, -0.2) is 4.79 Å². The highest BCUT2D eigenvalue weighted by Crippen LogP contribution is 2.25. The van der Waals surface area contributed by atoms with Crippen molar-refractivity contribution < 1.29 is 4.79 Å². The second-order valence-corrected chi connectivity index (χ2v) is 7.10. The van der Waals surface area contributed by atoms with Crippen molar-refractivity contribution in [1.29, 1.82) is 5.26 Å². The third-order valence-electron chi connectivity index (χ3n) is 4.99.